The first-order valence-electron chi connectivity index (χ1n) is 7.23. The molecule has 20 heavy (non-hydrogen) atoms. The van der Waals surface area contributed by atoms with Gasteiger partial charge in [-0.3, -0.25) is 0 Å². The molecule has 0 saturated heterocycles. The third kappa shape index (κ3) is 2.12. The van der Waals surface area contributed by atoms with E-state index in [2.05, 4.69) is 92.8 Å². The highest BCUT2D eigenvalue weighted by atomic mass is 15.0. The average molecular weight is 261 g/mol. The Labute approximate surface area is 121 Å². The molecule has 2 aromatic carbocycles. The Hall–Kier alpha value is -2.06. The monoisotopic (exact) mass is 261 g/mol. The van der Waals surface area contributed by atoms with Crippen molar-refractivity contribution in [3.05, 3.63) is 77.7 Å². The first-order valence-corrected chi connectivity index (χ1v) is 7.23. The summed E-state index contributed by atoms with van der Waals surface area (Å²) in [5.41, 5.74) is 3.97. The van der Waals surface area contributed by atoms with E-state index in [1.165, 1.54) is 21.4 Å². The van der Waals surface area contributed by atoms with E-state index < -0.39 is 6.28 Å². The van der Waals surface area contributed by atoms with Crippen LogP contribution in [0.3, 0.4) is 0 Å². The van der Waals surface area contributed by atoms with E-state index in [9.17, 15) is 0 Å². The standard InChI is InChI=1S/C18H20BN/c1-20(2)19(18-10-4-3-5-11-18)14-12-16-8-6-7-9-17(16)13-15-19/h3-15,20H,1-2H3. The summed E-state index contributed by atoms with van der Waals surface area (Å²) in [5.74, 6) is 4.76. The van der Waals surface area contributed by atoms with Crippen molar-refractivity contribution in [1.82, 2.24) is 0 Å². The molecular weight excluding hydrogens is 241 g/mol. The maximum absolute atomic E-state index is 2.38. The van der Waals surface area contributed by atoms with Crippen molar-refractivity contribution < 1.29 is 4.81 Å². The molecule has 0 amide bonds. The number of nitrogens with one attached hydrogen (secondary N) is 1. The molecule has 1 nitrogen and oxygen atoms in total. The third-order valence-corrected chi connectivity index (χ3v) is 4.46. The van der Waals surface area contributed by atoms with Gasteiger partial charge in [0.2, 0.25) is 0 Å². The van der Waals surface area contributed by atoms with E-state index in [-0.39, 0.29) is 0 Å². The van der Waals surface area contributed by atoms with Crippen LogP contribution in [0.5, 0.6) is 0 Å². The molecule has 1 N–H and O–H groups in total. The molecule has 0 unspecified atom stereocenters. The summed E-state index contributed by atoms with van der Waals surface area (Å²) in [6, 6.07) is 19.4. The second kappa shape index (κ2) is 5.14. The minimum absolute atomic E-state index is 0.884. The molecule has 2 aromatic rings. The SMILES string of the molecule is C[NH+](C)[B-]1(c2ccccc2)C=Cc2ccccc2C=C1. The van der Waals surface area contributed by atoms with Crippen LogP contribution in [0.2, 0.25) is 0 Å². The third-order valence-electron chi connectivity index (χ3n) is 4.46. The second-order valence-corrected chi connectivity index (χ2v) is 5.84. The number of fused-ring (bicyclic) bond motifs is 1. The topological polar surface area (TPSA) is 4.44 Å². The van der Waals surface area contributed by atoms with Gasteiger partial charge in [0.25, 0.3) is 6.28 Å². The highest BCUT2D eigenvalue weighted by molar-refractivity contribution is 6.94. The lowest BCUT2D eigenvalue weighted by Crippen LogP contribution is -3.19. The Bertz CT molecular complexity index is 623. The van der Waals surface area contributed by atoms with Gasteiger partial charge in [-0.1, -0.05) is 66.7 Å². The number of quaternary nitrogens is 1. The lowest BCUT2D eigenvalue weighted by Gasteiger charge is -2.38. The van der Waals surface area contributed by atoms with Gasteiger partial charge in [0.1, 0.15) is 0 Å². The quantitative estimate of drug-likeness (QED) is 0.786. The van der Waals surface area contributed by atoms with Crippen molar-refractivity contribution in [2.75, 3.05) is 14.1 Å². The van der Waals surface area contributed by atoms with Crippen molar-refractivity contribution in [3.8, 4) is 0 Å². The summed E-state index contributed by atoms with van der Waals surface area (Å²) >= 11 is 0. The number of benzene rings is 2. The highest BCUT2D eigenvalue weighted by Gasteiger charge is 2.30. The number of rotatable bonds is 2. The van der Waals surface area contributed by atoms with Crippen molar-refractivity contribution in [2.24, 2.45) is 0 Å². The minimum Gasteiger partial charge on any atom is -0.520 e. The summed E-state index contributed by atoms with van der Waals surface area (Å²) in [4.78, 5) is 1.44. The van der Waals surface area contributed by atoms with Gasteiger partial charge in [0.05, 0.1) is 0 Å². The second-order valence-electron chi connectivity index (χ2n) is 5.84. The van der Waals surface area contributed by atoms with Gasteiger partial charge in [0, 0.05) is 14.1 Å². The Morgan fingerprint density at radius 1 is 0.700 bits per heavy atom. The van der Waals surface area contributed by atoms with Crippen LogP contribution < -0.4 is 10.3 Å². The normalized spacial score (nSPS) is 15.9. The molecule has 0 aliphatic carbocycles. The summed E-state index contributed by atoms with van der Waals surface area (Å²) in [5, 5.41) is 0. The molecule has 2 heteroatoms. The molecule has 0 radical (unpaired) electrons. The van der Waals surface area contributed by atoms with E-state index in [1.807, 2.05) is 0 Å². The number of hydrogen-bond donors (Lipinski definition) is 1. The summed E-state index contributed by atoms with van der Waals surface area (Å²) in [6.45, 7) is 0. The molecule has 0 atom stereocenters. The van der Waals surface area contributed by atoms with E-state index in [1.54, 1.807) is 0 Å². The van der Waals surface area contributed by atoms with Crippen LogP contribution in [0, 0.1) is 0 Å². The highest BCUT2D eigenvalue weighted by Crippen LogP contribution is 2.18. The minimum atomic E-state index is -0.884. The largest absolute Gasteiger partial charge is 0.520 e. The zero-order valence-electron chi connectivity index (χ0n) is 12.1. The van der Waals surface area contributed by atoms with Crippen LogP contribution in [-0.4, -0.2) is 20.4 Å². The summed E-state index contributed by atoms with van der Waals surface area (Å²) < 4.78 is 0. The van der Waals surface area contributed by atoms with Gasteiger partial charge >= 0.3 is 0 Å². The first-order chi connectivity index (χ1) is 9.72. The molecular formula is C18H20BN. The smallest absolute Gasteiger partial charge is 0.275 e. The predicted molar refractivity (Wildman–Crippen MR) is 89.2 cm³/mol. The van der Waals surface area contributed by atoms with Gasteiger partial charge in [0.15, 0.2) is 0 Å². The first kappa shape index (κ1) is 13.0. The lowest BCUT2D eigenvalue weighted by atomic mass is 9.30. The van der Waals surface area contributed by atoms with E-state index in [0.717, 1.165) is 0 Å². The maximum Gasteiger partial charge on any atom is 0.275 e. The van der Waals surface area contributed by atoms with E-state index >= 15 is 0 Å². The van der Waals surface area contributed by atoms with E-state index in [0.29, 0.717) is 0 Å². The van der Waals surface area contributed by atoms with Crippen LogP contribution in [0.15, 0.2) is 66.5 Å². The molecule has 0 bridgehead atoms. The van der Waals surface area contributed by atoms with Gasteiger partial charge < -0.3 is 4.81 Å². The lowest BCUT2D eigenvalue weighted by molar-refractivity contribution is -0.744. The van der Waals surface area contributed by atoms with Gasteiger partial charge in [-0.05, 0) is 11.1 Å². The molecule has 0 fully saturated rings. The van der Waals surface area contributed by atoms with Crippen molar-refractivity contribution >= 4 is 23.9 Å². The van der Waals surface area contributed by atoms with Crippen LogP contribution in [0.4, 0.5) is 0 Å². The Morgan fingerprint density at radius 3 is 1.70 bits per heavy atom. The number of hydrogen-bond acceptors (Lipinski definition) is 0. The molecule has 0 saturated carbocycles. The zero-order chi connectivity index (χ0) is 14.0. The fraction of sp³-hybridized carbons (Fsp3) is 0.111. The Kier molecular flexibility index (Phi) is 3.33. The summed E-state index contributed by atoms with van der Waals surface area (Å²) in [6.07, 6.45) is 3.66. The molecule has 3 rings (SSSR count). The van der Waals surface area contributed by atoms with Gasteiger partial charge in [-0.25, -0.2) is 0 Å². The van der Waals surface area contributed by atoms with Crippen molar-refractivity contribution in [1.29, 1.82) is 0 Å². The molecule has 0 aromatic heterocycles. The fourth-order valence-electron chi connectivity index (χ4n) is 3.10. The zero-order valence-corrected chi connectivity index (χ0v) is 12.1. The molecule has 1 aliphatic heterocycles. The Morgan fingerprint density at radius 2 is 1.20 bits per heavy atom. The van der Waals surface area contributed by atoms with Crippen LogP contribution >= 0.6 is 0 Å². The van der Waals surface area contributed by atoms with Gasteiger partial charge in [-0.15, -0.1) is 5.46 Å². The van der Waals surface area contributed by atoms with E-state index in [4.69, 9.17) is 0 Å². The predicted octanol–water partition coefficient (Wildman–Crippen LogP) is 1.80. The molecule has 1 heterocycles. The van der Waals surface area contributed by atoms with Gasteiger partial charge in [-0.2, -0.15) is 12.0 Å². The molecule has 100 valence electrons. The fourth-order valence-corrected chi connectivity index (χ4v) is 3.10. The average Bonchev–Trinajstić information content (AvgIpc) is 2.69. The van der Waals surface area contributed by atoms with Crippen molar-refractivity contribution in [2.45, 2.75) is 0 Å². The van der Waals surface area contributed by atoms with Crippen LogP contribution in [-0.2, 0) is 0 Å². The Balaban J connectivity index is 2.16. The van der Waals surface area contributed by atoms with Crippen molar-refractivity contribution in [3.63, 3.8) is 0 Å². The molecule has 1 aliphatic rings. The van der Waals surface area contributed by atoms with Crippen LogP contribution in [0.25, 0.3) is 12.2 Å². The summed E-state index contributed by atoms with van der Waals surface area (Å²) in [7, 11) is 4.47. The maximum atomic E-state index is 2.38. The van der Waals surface area contributed by atoms with Crippen LogP contribution in [0.1, 0.15) is 11.1 Å². The molecule has 0 spiro atoms.